The SMILES string of the molecule is CCCn1ncnc1CC1(N)CCCC(C)(C)C1. The van der Waals surface area contributed by atoms with Crippen molar-refractivity contribution >= 4 is 0 Å². The molecule has 1 saturated carbocycles. The molecule has 0 radical (unpaired) electrons. The van der Waals surface area contributed by atoms with Gasteiger partial charge in [0.15, 0.2) is 0 Å². The minimum absolute atomic E-state index is 0.0969. The summed E-state index contributed by atoms with van der Waals surface area (Å²) in [4.78, 5) is 4.39. The van der Waals surface area contributed by atoms with Crippen LogP contribution in [0.1, 0.15) is 58.7 Å². The topological polar surface area (TPSA) is 56.7 Å². The lowest BCUT2D eigenvalue weighted by Gasteiger charge is -2.42. The molecule has 1 unspecified atom stereocenters. The van der Waals surface area contributed by atoms with Crippen molar-refractivity contribution < 1.29 is 0 Å². The van der Waals surface area contributed by atoms with Crippen LogP contribution in [0.2, 0.25) is 0 Å². The van der Waals surface area contributed by atoms with Crippen molar-refractivity contribution in [3.05, 3.63) is 12.2 Å². The minimum Gasteiger partial charge on any atom is -0.325 e. The molecule has 0 amide bonds. The van der Waals surface area contributed by atoms with Gasteiger partial charge in [0, 0.05) is 18.5 Å². The molecule has 2 rings (SSSR count). The molecule has 0 bridgehead atoms. The van der Waals surface area contributed by atoms with Crippen molar-refractivity contribution in [2.45, 2.75) is 71.4 Å². The Morgan fingerprint density at radius 3 is 2.83 bits per heavy atom. The van der Waals surface area contributed by atoms with E-state index >= 15 is 0 Å². The maximum atomic E-state index is 6.61. The summed E-state index contributed by atoms with van der Waals surface area (Å²) < 4.78 is 2.01. The van der Waals surface area contributed by atoms with Crippen molar-refractivity contribution in [3.8, 4) is 0 Å². The second kappa shape index (κ2) is 5.00. The molecule has 4 heteroatoms. The van der Waals surface area contributed by atoms with Crippen LogP contribution in [0.4, 0.5) is 0 Å². The van der Waals surface area contributed by atoms with E-state index in [2.05, 4.69) is 30.9 Å². The Morgan fingerprint density at radius 2 is 2.17 bits per heavy atom. The summed E-state index contributed by atoms with van der Waals surface area (Å²) >= 11 is 0. The maximum absolute atomic E-state index is 6.61. The maximum Gasteiger partial charge on any atom is 0.138 e. The lowest BCUT2D eigenvalue weighted by atomic mass is 9.67. The van der Waals surface area contributed by atoms with E-state index in [1.54, 1.807) is 6.33 Å². The van der Waals surface area contributed by atoms with Gasteiger partial charge >= 0.3 is 0 Å². The first kappa shape index (κ1) is 13.5. The highest BCUT2D eigenvalue weighted by Crippen LogP contribution is 2.40. The quantitative estimate of drug-likeness (QED) is 0.893. The molecule has 102 valence electrons. The summed E-state index contributed by atoms with van der Waals surface area (Å²) in [5.74, 6) is 1.05. The molecule has 0 aliphatic heterocycles. The Balaban J connectivity index is 2.09. The molecule has 1 aliphatic carbocycles. The zero-order chi connectivity index (χ0) is 13.2. The molecule has 0 saturated heterocycles. The molecule has 0 spiro atoms. The predicted molar refractivity (Wildman–Crippen MR) is 73.2 cm³/mol. The van der Waals surface area contributed by atoms with Crippen LogP contribution < -0.4 is 5.73 Å². The fraction of sp³-hybridized carbons (Fsp3) is 0.857. The number of nitrogens with two attached hydrogens (primary N) is 1. The van der Waals surface area contributed by atoms with Crippen molar-refractivity contribution in [2.24, 2.45) is 11.1 Å². The van der Waals surface area contributed by atoms with Gasteiger partial charge in [-0.2, -0.15) is 5.10 Å². The lowest BCUT2D eigenvalue weighted by Crippen LogP contribution is -2.49. The van der Waals surface area contributed by atoms with E-state index < -0.39 is 0 Å². The smallest absolute Gasteiger partial charge is 0.138 e. The molecule has 1 aliphatic rings. The van der Waals surface area contributed by atoms with Gasteiger partial charge in [-0.1, -0.05) is 27.2 Å². The normalized spacial score (nSPS) is 27.3. The third-order valence-corrected chi connectivity index (χ3v) is 4.00. The Morgan fingerprint density at radius 1 is 1.39 bits per heavy atom. The number of aryl methyl sites for hydroxylation is 1. The van der Waals surface area contributed by atoms with Gasteiger partial charge in [0.25, 0.3) is 0 Å². The van der Waals surface area contributed by atoms with Gasteiger partial charge in [0.05, 0.1) is 0 Å². The third-order valence-electron chi connectivity index (χ3n) is 4.00. The lowest BCUT2D eigenvalue weighted by molar-refractivity contribution is 0.148. The molecule has 4 nitrogen and oxygen atoms in total. The number of rotatable bonds is 4. The van der Waals surface area contributed by atoms with Gasteiger partial charge in [-0.05, 0) is 31.1 Å². The zero-order valence-electron chi connectivity index (χ0n) is 11.9. The number of aromatic nitrogens is 3. The van der Waals surface area contributed by atoms with Gasteiger partial charge in [0.2, 0.25) is 0 Å². The van der Waals surface area contributed by atoms with Crippen molar-refractivity contribution in [1.29, 1.82) is 0 Å². The van der Waals surface area contributed by atoms with Crippen LogP contribution in [0.25, 0.3) is 0 Å². The van der Waals surface area contributed by atoms with Gasteiger partial charge in [-0.15, -0.1) is 0 Å². The zero-order valence-corrected chi connectivity index (χ0v) is 11.9. The van der Waals surface area contributed by atoms with Gasteiger partial charge < -0.3 is 5.73 Å². The minimum atomic E-state index is -0.0969. The summed E-state index contributed by atoms with van der Waals surface area (Å²) in [6, 6.07) is 0. The summed E-state index contributed by atoms with van der Waals surface area (Å²) in [6.07, 6.45) is 8.30. The highest BCUT2D eigenvalue weighted by atomic mass is 15.3. The highest BCUT2D eigenvalue weighted by molar-refractivity contribution is 5.02. The van der Waals surface area contributed by atoms with Crippen LogP contribution in [0.3, 0.4) is 0 Å². The standard InChI is InChI=1S/C14H26N4/c1-4-8-18-12(16-11-17-18)9-14(15)7-5-6-13(2,3)10-14/h11H,4-10,15H2,1-3H3. The first-order valence-electron chi connectivity index (χ1n) is 7.10. The fourth-order valence-electron chi connectivity index (χ4n) is 3.34. The third kappa shape index (κ3) is 3.10. The van der Waals surface area contributed by atoms with Crippen LogP contribution in [-0.4, -0.2) is 20.3 Å². The molecule has 18 heavy (non-hydrogen) atoms. The number of hydrogen-bond donors (Lipinski definition) is 1. The first-order valence-corrected chi connectivity index (χ1v) is 7.10. The average molecular weight is 250 g/mol. The van der Waals surface area contributed by atoms with Crippen molar-refractivity contribution in [1.82, 2.24) is 14.8 Å². The van der Waals surface area contributed by atoms with Crippen LogP contribution in [-0.2, 0) is 13.0 Å². The van der Waals surface area contributed by atoms with Crippen LogP contribution >= 0.6 is 0 Å². The number of hydrogen-bond acceptors (Lipinski definition) is 3. The summed E-state index contributed by atoms with van der Waals surface area (Å²) in [5.41, 5.74) is 6.88. The Kier molecular flexibility index (Phi) is 3.76. The molecule has 1 heterocycles. The molecular weight excluding hydrogens is 224 g/mol. The van der Waals surface area contributed by atoms with Crippen LogP contribution in [0, 0.1) is 5.41 Å². The van der Waals surface area contributed by atoms with Crippen molar-refractivity contribution in [2.75, 3.05) is 0 Å². The van der Waals surface area contributed by atoms with Gasteiger partial charge in [0.1, 0.15) is 12.2 Å². The van der Waals surface area contributed by atoms with Crippen LogP contribution in [0.15, 0.2) is 6.33 Å². The van der Waals surface area contributed by atoms with Gasteiger partial charge in [-0.3, -0.25) is 4.68 Å². The second-order valence-electron chi connectivity index (χ2n) is 6.63. The summed E-state index contributed by atoms with van der Waals surface area (Å²) in [6.45, 7) is 7.75. The Bertz CT molecular complexity index is 396. The Labute approximate surface area is 110 Å². The summed E-state index contributed by atoms with van der Waals surface area (Å²) in [7, 11) is 0. The molecule has 0 aromatic carbocycles. The van der Waals surface area contributed by atoms with E-state index in [4.69, 9.17) is 5.73 Å². The molecule has 2 N–H and O–H groups in total. The molecule has 1 atom stereocenters. The average Bonchev–Trinajstić information content (AvgIpc) is 2.63. The second-order valence-corrected chi connectivity index (χ2v) is 6.63. The predicted octanol–water partition coefficient (Wildman–Crippen LogP) is 2.53. The fourth-order valence-corrected chi connectivity index (χ4v) is 3.34. The number of nitrogens with zero attached hydrogens (tertiary/aromatic N) is 3. The van der Waals surface area contributed by atoms with E-state index in [0.717, 1.165) is 38.1 Å². The monoisotopic (exact) mass is 250 g/mol. The molecule has 1 aromatic rings. The van der Waals surface area contributed by atoms with Crippen molar-refractivity contribution in [3.63, 3.8) is 0 Å². The first-order chi connectivity index (χ1) is 8.44. The molecule has 1 aromatic heterocycles. The Hall–Kier alpha value is -0.900. The van der Waals surface area contributed by atoms with E-state index in [-0.39, 0.29) is 5.54 Å². The highest BCUT2D eigenvalue weighted by Gasteiger charge is 2.37. The molecular formula is C14H26N4. The van der Waals surface area contributed by atoms with E-state index in [9.17, 15) is 0 Å². The van der Waals surface area contributed by atoms with Gasteiger partial charge in [-0.25, -0.2) is 4.98 Å². The summed E-state index contributed by atoms with van der Waals surface area (Å²) in [5, 5.41) is 4.29. The van der Waals surface area contributed by atoms with E-state index in [1.807, 2.05) is 4.68 Å². The van der Waals surface area contributed by atoms with E-state index in [1.165, 1.54) is 12.8 Å². The van der Waals surface area contributed by atoms with Crippen LogP contribution in [0.5, 0.6) is 0 Å². The van der Waals surface area contributed by atoms with E-state index in [0.29, 0.717) is 5.41 Å². The molecule has 1 fully saturated rings. The largest absolute Gasteiger partial charge is 0.325 e.